The largest absolute Gasteiger partial charge is 0.424 e. The summed E-state index contributed by atoms with van der Waals surface area (Å²) in [6, 6.07) is 1.80. The number of allylic oxidation sites excluding steroid dienone is 1. The van der Waals surface area contributed by atoms with E-state index in [0.717, 1.165) is 4.83 Å². The Balaban J connectivity index is 1.92. The van der Waals surface area contributed by atoms with Crippen molar-refractivity contribution in [3.63, 3.8) is 0 Å². The van der Waals surface area contributed by atoms with Gasteiger partial charge in [-0.1, -0.05) is 24.8 Å². The van der Waals surface area contributed by atoms with Crippen molar-refractivity contribution in [2.24, 2.45) is 0 Å². The van der Waals surface area contributed by atoms with Crippen molar-refractivity contribution in [3.05, 3.63) is 46.2 Å². The van der Waals surface area contributed by atoms with Crippen LogP contribution in [0.4, 0.5) is 0 Å². The Hall–Kier alpha value is -1.93. The van der Waals surface area contributed by atoms with Crippen LogP contribution < -0.4 is 5.56 Å². The summed E-state index contributed by atoms with van der Waals surface area (Å²) >= 11 is 2.87. The third kappa shape index (κ3) is 2.84. The number of hydrogen-bond donors (Lipinski definition) is 0. The molecule has 0 fully saturated rings. The van der Waals surface area contributed by atoms with Crippen molar-refractivity contribution in [2.75, 3.05) is 0 Å². The molecule has 0 atom stereocenters. The molecule has 0 saturated carbocycles. The van der Waals surface area contributed by atoms with Crippen molar-refractivity contribution in [1.29, 1.82) is 0 Å². The topological polar surface area (TPSA) is 73.8 Å². The second kappa shape index (κ2) is 6.45. The summed E-state index contributed by atoms with van der Waals surface area (Å²) in [7, 11) is 0. The lowest BCUT2D eigenvalue weighted by Gasteiger charge is -2.08. The van der Waals surface area contributed by atoms with Crippen molar-refractivity contribution in [3.8, 4) is 0 Å². The molecule has 3 aromatic heterocycles. The van der Waals surface area contributed by atoms with Crippen LogP contribution in [0.1, 0.15) is 18.7 Å². The lowest BCUT2D eigenvalue weighted by molar-refractivity contribution is 0.469. The van der Waals surface area contributed by atoms with E-state index < -0.39 is 0 Å². The highest BCUT2D eigenvalue weighted by molar-refractivity contribution is 7.98. The molecule has 6 nitrogen and oxygen atoms in total. The Morgan fingerprint density at radius 3 is 3.00 bits per heavy atom. The van der Waals surface area contributed by atoms with Gasteiger partial charge in [-0.15, -0.1) is 28.1 Å². The van der Waals surface area contributed by atoms with Crippen LogP contribution in [0.3, 0.4) is 0 Å². The zero-order valence-corrected chi connectivity index (χ0v) is 13.6. The lowest BCUT2D eigenvalue weighted by atomic mass is 10.4. The highest BCUT2D eigenvalue weighted by Gasteiger charge is 2.13. The highest BCUT2D eigenvalue weighted by atomic mass is 32.2. The number of aryl methyl sites for hydroxylation is 1. The fraction of sp³-hybridized carbons (Fsp3) is 0.286. The number of hydrogen-bond acceptors (Lipinski definition) is 7. The molecular formula is C14H14N4O2S2. The van der Waals surface area contributed by atoms with Crippen LogP contribution in [-0.4, -0.2) is 19.7 Å². The Bertz CT molecular complexity index is 865. The summed E-state index contributed by atoms with van der Waals surface area (Å²) in [5, 5.41) is 11.1. The van der Waals surface area contributed by atoms with Crippen molar-refractivity contribution in [1.82, 2.24) is 19.7 Å². The van der Waals surface area contributed by atoms with Gasteiger partial charge in [0.25, 0.3) is 5.56 Å². The van der Waals surface area contributed by atoms with E-state index in [1.54, 1.807) is 16.7 Å². The summed E-state index contributed by atoms with van der Waals surface area (Å²) in [4.78, 5) is 17.8. The maximum atomic E-state index is 12.5. The molecular weight excluding hydrogens is 320 g/mol. The molecule has 3 aromatic rings. The molecule has 0 spiro atoms. The minimum atomic E-state index is -0.0478. The van der Waals surface area contributed by atoms with E-state index >= 15 is 0 Å². The van der Waals surface area contributed by atoms with Crippen LogP contribution in [-0.2, 0) is 18.7 Å². The quantitative estimate of drug-likeness (QED) is 0.392. The molecule has 8 heteroatoms. The second-order valence-electron chi connectivity index (χ2n) is 4.47. The monoisotopic (exact) mass is 334 g/mol. The van der Waals surface area contributed by atoms with E-state index in [1.165, 1.54) is 23.1 Å². The number of thioether (sulfide) groups is 1. The zero-order chi connectivity index (χ0) is 15.5. The van der Waals surface area contributed by atoms with E-state index in [-0.39, 0.29) is 5.56 Å². The fourth-order valence-electron chi connectivity index (χ4n) is 1.95. The smallest absolute Gasteiger partial charge is 0.263 e. The average Bonchev–Trinajstić information content (AvgIpc) is 3.17. The summed E-state index contributed by atoms with van der Waals surface area (Å²) in [5.74, 6) is 1.63. The fourth-order valence-corrected chi connectivity index (χ4v) is 3.60. The van der Waals surface area contributed by atoms with Gasteiger partial charge in [0, 0.05) is 13.0 Å². The van der Waals surface area contributed by atoms with E-state index in [4.69, 9.17) is 4.42 Å². The number of rotatable bonds is 6. The minimum absolute atomic E-state index is 0.0478. The molecule has 0 amide bonds. The van der Waals surface area contributed by atoms with Crippen LogP contribution in [0.25, 0.3) is 10.2 Å². The van der Waals surface area contributed by atoms with E-state index in [0.29, 0.717) is 41.0 Å². The molecule has 0 saturated heterocycles. The maximum Gasteiger partial charge on any atom is 0.263 e. The van der Waals surface area contributed by atoms with Crippen LogP contribution in [0, 0.1) is 0 Å². The van der Waals surface area contributed by atoms with Gasteiger partial charge < -0.3 is 4.42 Å². The van der Waals surface area contributed by atoms with Crippen molar-refractivity contribution >= 4 is 33.3 Å². The predicted molar refractivity (Wildman–Crippen MR) is 87.3 cm³/mol. The van der Waals surface area contributed by atoms with Gasteiger partial charge in [0.15, 0.2) is 5.16 Å². The zero-order valence-electron chi connectivity index (χ0n) is 12.0. The Labute approximate surface area is 134 Å². The van der Waals surface area contributed by atoms with Gasteiger partial charge >= 0.3 is 0 Å². The molecule has 3 rings (SSSR count). The SMILES string of the molecule is C=CCn1c(SCc2nnc(CC)o2)nc2sccc2c1=O. The van der Waals surface area contributed by atoms with Crippen molar-refractivity contribution < 1.29 is 4.42 Å². The van der Waals surface area contributed by atoms with Gasteiger partial charge in [-0.3, -0.25) is 9.36 Å². The third-order valence-electron chi connectivity index (χ3n) is 3.00. The molecule has 0 aromatic carbocycles. The average molecular weight is 334 g/mol. The molecule has 0 bridgehead atoms. The standard InChI is InChI=1S/C14H14N4O2S2/c1-3-6-18-13(19)9-5-7-21-12(9)15-14(18)22-8-11-17-16-10(4-2)20-11/h3,5,7H,1,4,6,8H2,2H3. The Kier molecular flexibility index (Phi) is 4.39. The molecule has 0 aliphatic rings. The van der Waals surface area contributed by atoms with E-state index in [1.807, 2.05) is 12.3 Å². The Morgan fingerprint density at radius 1 is 1.45 bits per heavy atom. The summed E-state index contributed by atoms with van der Waals surface area (Å²) in [6.07, 6.45) is 2.39. The summed E-state index contributed by atoms with van der Waals surface area (Å²) in [6.45, 7) is 6.08. The first-order chi connectivity index (χ1) is 10.7. The second-order valence-corrected chi connectivity index (χ2v) is 6.31. The normalized spacial score (nSPS) is 11.1. The molecule has 114 valence electrons. The van der Waals surface area contributed by atoms with Crippen LogP contribution in [0.2, 0.25) is 0 Å². The van der Waals surface area contributed by atoms with Crippen LogP contribution in [0.5, 0.6) is 0 Å². The Morgan fingerprint density at radius 2 is 2.27 bits per heavy atom. The third-order valence-corrected chi connectivity index (χ3v) is 4.76. The van der Waals surface area contributed by atoms with Crippen molar-refractivity contribution in [2.45, 2.75) is 30.8 Å². The predicted octanol–water partition coefficient (Wildman–Crippen LogP) is 2.88. The van der Waals surface area contributed by atoms with E-state index in [9.17, 15) is 4.79 Å². The van der Waals surface area contributed by atoms with Gasteiger partial charge in [0.05, 0.1) is 11.1 Å². The summed E-state index contributed by atoms with van der Waals surface area (Å²) < 4.78 is 7.10. The van der Waals surface area contributed by atoms with Crippen LogP contribution in [0.15, 0.2) is 38.5 Å². The lowest BCUT2D eigenvalue weighted by Crippen LogP contribution is -2.22. The first kappa shape index (κ1) is 15.0. The van der Waals surface area contributed by atoms with Gasteiger partial charge in [0.1, 0.15) is 4.83 Å². The first-order valence-corrected chi connectivity index (χ1v) is 8.62. The maximum absolute atomic E-state index is 12.5. The molecule has 0 radical (unpaired) electrons. The highest BCUT2D eigenvalue weighted by Crippen LogP contribution is 2.23. The van der Waals surface area contributed by atoms with Gasteiger partial charge in [-0.2, -0.15) is 0 Å². The van der Waals surface area contributed by atoms with Gasteiger partial charge in [-0.05, 0) is 11.4 Å². The van der Waals surface area contributed by atoms with Gasteiger partial charge in [0.2, 0.25) is 11.8 Å². The van der Waals surface area contributed by atoms with Gasteiger partial charge in [-0.25, -0.2) is 4.98 Å². The van der Waals surface area contributed by atoms with E-state index in [2.05, 4.69) is 21.8 Å². The molecule has 0 aliphatic carbocycles. The number of aromatic nitrogens is 4. The number of fused-ring (bicyclic) bond motifs is 1. The molecule has 0 aliphatic heterocycles. The molecule has 3 heterocycles. The number of thiophene rings is 1. The number of nitrogens with zero attached hydrogens (tertiary/aromatic N) is 4. The van der Waals surface area contributed by atoms with Crippen LogP contribution >= 0.6 is 23.1 Å². The molecule has 22 heavy (non-hydrogen) atoms. The minimum Gasteiger partial charge on any atom is -0.424 e. The molecule has 0 unspecified atom stereocenters. The summed E-state index contributed by atoms with van der Waals surface area (Å²) in [5.41, 5.74) is -0.0478. The molecule has 0 N–H and O–H groups in total. The first-order valence-electron chi connectivity index (χ1n) is 6.76.